The maximum absolute atomic E-state index is 13.6. The number of hydrogen-bond acceptors (Lipinski definition) is 3. The third-order valence-corrected chi connectivity index (χ3v) is 4.21. The molecule has 142 valence electrons. The van der Waals surface area contributed by atoms with Gasteiger partial charge in [-0.25, -0.2) is 4.39 Å². The zero-order valence-electron chi connectivity index (χ0n) is 14.6. The van der Waals surface area contributed by atoms with Crippen molar-refractivity contribution in [2.45, 2.75) is 0 Å². The number of carbonyl (C=O) groups excluding carboxylic acids is 2. The number of carbonyl (C=O) groups is 2. The Kier molecular flexibility index (Phi) is 6.39. The topological polar surface area (TPSA) is 67.4 Å². The number of anilines is 2. The third-order valence-electron chi connectivity index (χ3n) is 3.72. The lowest BCUT2D eigenvalue weighted by molar-refractivity contribution is -0.118. The van der Waals surface area contributed by atoms with Gasteiger partial charge in [-0.3, -0.25) is 9.59 Å². The number of benzene rings is 3. The predicted molar refractivity (Wildman–Crippen MR) is 109 cm³/mol. The van der Waals surface area contributed by atoms with Gasteiger partial charge in [0, 0.05) is 10.2 Å². The van der Waals surface area contributed by atoms with Crippen molar-refractivity contribution in [2.75, 3.05) is 17.2 Å². The Morgan fingerprint density at radius 2 is 1.68 bits per heavy atom. The molecule has 0 heterocycles. The van der Waals surface area contributed by atoms with Crippen LogP contribution in [0.4, 0.5) is 15.8 Å². The summed E-state index contributed by atoms with van der Waals surface area (Å²) in [6.45, 7) is -0.366. The zero-order valence-corrected chi connectivity index (χ0v) is 16.2. The van der Waals surface area contributed by atoms with Crippen LogP contribution in [0.1, 0.15) is 10.4 Å². The second kappa shape index (κ2) is 9.14. The second-order valence-electron chi connectivity index (χ2n) is 5.78. The minimum atomic E-state index is -0.537. The van der Waals surface area contributed by atoms with Crippen molar-refractivity contribution in [1.82, 2.24) is 0 Å². The molecule has 3 aromatic rings. The van der Waals surface area contributed by atoms with Crippen molar-refractivity contribution in [3.05, 3.63) is 88.6 Å². The highest BCUT2D eigenvalue weighted by Gasteiger charge is 2.14. The van der Waals surface area contributed by atoms with Crippen molar-refractivity contribution < 1.29 is 18.7 Å². The molecule has 0 spiro atoms. The van der Waals surface area contributed by atoms with Gasteiger partial charge >= 0.3 is 0 Å². The van der Waals surface area contributed by atoms with E-state index in [1.165, 1.54) is 18.2 Å². The molecule has 2 N–H and O–H groups in total. The Morgan fingerprint density at radius 1 is 0.929 bits per heavy atom. The lowest BCUT2D eigenvalue weighted by Crippen LogP contribution is -2.22. The van der Waals surface area contributed by atoms with Crippen LogP contribution in [0.3, 0.4) is 0 Å². The van der Waals surface area contributed by atoms with Gasteiger partial charge in [-0.1, -0.05) is 46.3 Å². The van der Waals surface area contributed by atoms with Crippen molar-refractivity contribution in [3.8, 4) is 5.75 Å². The fourth-order valence-electron chi connectivity index (χ4n) is 2.44. The maximum Gasteiger partial charge on any atom is 0.262 e. The number of rotatable bonds is 6. The molecule has 0 bridgehead atoms. The normalized spacial score (nSPS) is 10.2. The summed E-state index contributed by atoms with van der Waals surface area (Å²) < 4.78 is 19.9. The second-order valence-corrected chi connectivity index (χ2v) is 6.69. The van der Waals surface area contributed by atoms with Gasteiger partial charge in [0.05, 0.1) is 11.3 Å². The molecular formula is C21H16BrFN2O3. The molecule has 3 aromatic carbocycles. The lowest BCUT2D eigenvalue weighted by Gasteiger charge is -2.12. The highest BCUT2D eigenvalue weighted by atomic mass is 79.9. The van der Waals surface area contributed by atoms with Crippen molar-refractivity contribution in [2.24, 2.45) is 0 Å². The largest absolute Gasteiger partial charge is 0.483 e. The summed E-state index contributed by atoms with van der Waals surface area (Å²) in [6, 6.07) is 19.6. The standard InChI is InChI=1S/C21H16BrFN2O3/c22-14-6-5-7-15(12-14)24-21(27)16-8-1-4-11-19(16)28-13-20(26)25-18-10-3-2-9-17(18)23/h1-12H,13H2,(H,24,27)(H,25,26). The van der Waals surface area contributed by atoms with Gasteiger partial charge in [0.2, 0.25) is 0 Å². The van der Waals surface area contributed by atoms with Gasteiger partial charge in [-0.15, -0.1) is 0 Å². The fourth-order valence-corrected chi connectivity index (χ4v) is 2.84. The van der Waals surface area contributed by atoms with Gasteiger partial charge in [-0.2, -0.15) is 0 Å². The van der Waals surface area contributed by atoms with E-state index < -0.39 is 11.7 Å². The average molecular weight is 443 g/mol. The summed E-state index contributed by atoms with van der Waals surface area (Å²) in [7, 11) is 0. The minimum absolute atomic E-state index is 0.0665. The summed E-state index contributed by atoms with van der Waals surface area (Å²) in [5.41, 5.74) is 0.962. The van der Waals surface area contributed by atoms with Crippen LogP contribution in [0, 0.1) is 5.82 Å². The van der Waals surface area contributed by atoms with Crippen molar-refractivity contribution in [1.29, 1.82) is 0 Å². The molecule has 3 rings (SSSR count). The van der Waals surface area contributed by atoms with E-state index in [1.807, 2.05) is 6.07 Å². The number of nitrogens with one attached hydrogen (secondary N) is 2. The number of halogens is 2. The van der Waals surface area contributed by atoms with E-state index in [0.717, 1.165) is 4.47 Å². The molecule has 0 saturated carbocycles. The van der Waals surface area contributed by atoms with E-state index in [0.29, 0.717) is 5.69 Å². The van der Waals surface area contributed by atoms with E-state index in [1.54, 1.807) is 48.5 Å². The Morgan fingerprint density at radius 3 is 2.46 bits per heavy atom. The first-order valence-corrected chi connectivity index (χ1v) is 9.15. The third kappa shape index (κ3) is 5.17. The summed E-state index contributed by atoms with van der Waals surface area (Å²) in [5.74, 6) is -1.20. The molecule has 28 heavy (non-hydrogen) atoms. The van der Waals surface area contributed by atoms with Crippen LogP contribution >= 0.6 is 15.9 Å². The van der Waals surface area contributed by atoms with Crippen molar-refractivity contribution >= 4 is 39.1 Å². The first-order valence-electron chi connectivity index (χ1n) is 8.36. The number of hydrogen-bond donors (Lipinski definition) is 2. The fraction of sp³-hybridized carbons (Fsp3) is 0.0476. The molecule has 0 fully saturated rings. The Bertz CT molecular complexity index is 1010. The van der Waals surface area contributed by atoms with E-state index in [-0.39, 0.29) is 29.5 Å². The zero-order chi connectivity index (χ0) is 19.9. The predicted octanol–water partition coefficient (Wildman–Crippen LogP) is 4.86. The Hall–Kier alpha value is -3.19. The molecule has 5 nitrogen and oxygen atoms in total. The van der Waals surface area contributed by atoms with Gasteiger partial charge in [0.25, 0.3) is 11.8 Å². The van der Waals surface area contributed by atoms with Gasteiger partial charge in [0.1, 0.15) is 11.6 Å². The van der Waals surface area contributed by atoms with Gasteiger partial charge in [-0.05, 0) is 42.5 Å². The number of ether oxygens (including phenoxy) is 1. The van der Waals surface area contributed by atoms with E-state index >= 15 is 0 Å². The SMILES string of the molecule is O=C(COc1ccccc1C(=O)Nc1cccc(Br)c1)Nc1ccccc1F. The smallest absolute Gasteiger partial charge is 0.262 e. The average Bonchev–Trinajstić information content (AvgIpc) is 2.68. The van der Waals surface area contributed by atoms with Crippen molar-refractivity contribution in [3.63, 3.8) is 0 Å². The van der Waals surface area contributed by atoms with Crippen LogP contribution in [0.15, 0.2) is 77.3 Å². The van der Waals surface area contributed by atoms with Gasteiger partial charge in [0.15, 0.2) is 6.61 Å². The van der Waals surface area contributed by atoms with Crippen LogP contribution in [-0.2, 0) is 4.79 Å². The maximum atomic E-state index is 13.6. The molecule has 0 atom stereocenters. The first-order chi connectivity index (χ1) is 13.5. The molecule has 0 unspecified atom stereocenters. The molecule has 2 amide bonds. The molecular weight excluding hydrogens is 427 g/mol. The monoisotopic (exact) mass is 442 g/mol. The first kappa shape index (κ1) is 19.6. The highest BCUT2D eigenvalue weighted by Crippen LogP contribution is 2.21. The summed E-state index contributed by atoms with van der Waals surface area (Å²) in [6.07, 6.45) is 0. The quantitative estimate of drug-likeness (QED) is 0.572. The molecule has 0 aliphatic rings. The summed E-state index contributed by atoms with van der Waals surface area (Å²) in [4.78, 5) is 24.6. The Labute approximate surface area is 169 Å². The molecule has 0 aliphatic carbocycles. The molecule has 0 saturated heterocycles. The summed E-state index contributed by atoms with van der Waals surface area (Å²) >= 11 is 3.35. The highest BCUT2D eigenvalue weighted by molar-refractivity contribution is 9.10. The molecule has 0 aliphatic heterocycles. The van der Waals surface area contributed by atoms with E-state index in [9.17, 15) is 14.0 Å². The molecule has 0 radical (unpaired) electrons. The number of para-hydroxylation sites is 2. The molecule has 7 heteroatoms. The van der Waals surface area contributed by atoms with E-state index in [4.69, 9.17) is 4.74 Å². The van der Waals surface area contributed by atoms with Crippen LogP contribution in [0.25, 0.3) is 0 Å². The van der Waals surface area contributed by atoms with Crippen LogP contribution < -0.4 is 15.4 Å². The Balaban J connectivity index is 1.66. The van der Waals surface area contributed by atoms with E-state index in [2.05, 4.69) is 26.6 Å². The number of amides is 2. The summed E-state index contributed by atoms with van der Waals surface area (Å²) in [5, 5.41) is 5.21. The van der Waals surface area contributed by atoms with Crippen LogP contribution in [0.5, 0.6) is 5.75 Å². The molecule has 0 aromatic heterocycles. The van der Waals surface area contributed by atoms with Gasteiger partial charge < -0.3 is 15.4 Å². The minimum Gasteiger partial charge on any atom is -0.483 e. The van der Waals surface area contributed by atoms with Crippen LogP contribution in [-0.4, -0.2) is 18.4 Å². The van der Waals surface area contributed by atoms with Crippen LogP contribution in [0.2, 0.25) is 0 Å². The lowest BCUT2D eigenvalue weighted by atomic mass is 10.2.